The number of esters is 1. The number of amides is 1. The zero-order valence-electron chi connectivity index (χ0n) is 12.7. The van der Waals surface area contributed by atoms with E-state index in [1.807, 2.05) is 13.8 Å². The molecule has 0 aliphatic carbocycles. The second-order valence-electron chi connectivity index (χ2n) is 5.13. The van der Waals surface area contributed by atoms with Gasteiger partial charge in [0, 0.05) is 11.0 Å². The van der Waals surface area contributed by atoms with E-state index in [0.29, 0.717) is 23.2 Å². The lowest BCUT2D eigenvalue weighted by molar-refractivity contribution is -0.156. The van der Waals surface area contributed by atoms with Gasteiger partial charge in [0.2, 0.25) is 0 Å². The first-order valence-electron chi connectivity index (χ1n) is 6.84. The van der Waals surface area contributed by atoms with Crippen molar-refractivity contribution in [2.75, 3.05) is 13.2 Å². The average Bonchev–Trinajstić information content (AvgIpc) is 2.43. The van der Waals surface area contributed by atoms with Crippen LogP contribution in [0.5, 0.6) is 5.75 Å². The maximum atomic E-state index is 11.7. The first-order chi connectivity index (χ1) is 10.3. The molecule has 0 bridgehead atoms. The molecule has 1 aromatic rings. The lowest BCUT2D eigenvalue weighted by Crippen LogP contribution is -2.38. The Morgan fingerprint density at radius 3 is 2.59 bits per heavy atom. The molecule has 0 heterocycles. The van der Waals surface area contributed by atoms with Crippen LogP contribution in [-0.2, 0) is 14.3 Å². The Labute approximate surface area is 143 Å². The number of ether oxygens (including phenoxy) is 2. The highest BCUT2D eigenvalue weighted by Crippen LogP contribution is 2.27. The summed E-state index contributed by atoms with van der Waals surface area (Å²) in [5.74, 6) is -0.261. The Bertz CT molecular complexity index is 536. The summed E-state index contributed by atoms with van der Waals surface area (Å²) < 4.78 is 11.1. The lowest BCUT2D eigenvalue weighted by Gasteiger charge is -2.15. The Balaban J connectivity index is 2.41. The van der Waals surface area contributed by atoms with Gasteiger partial charge in [0.05, 0.1) is 5.02 Å². The molecule has 0 radical (unpaired) electrons. The standard InChI is InChI=1S/C15H19BrClNO4/c1-9(2)7-18-15(20)10(3)22-14(19)8-21-13-5-4-11(16)6-12(13)17/h4-6,9-10H,7-8H2,1-3H3,(H,18,20)/t10-/m1/s1. The molecule has 5 nitrogen and oxygen atoms in total. The summed E-state index contributed by atoms with van der Waals surface area (Å²) >= 11 is 9.24. The summed E-state index contributed by atoms with van der Waals surface area (Å²) in [4.78, 5) is 23.4. The fourth-order valence-electron chi connectivity index (χ4n) is 1.46. The molecule has 0 saturated heterocycles. The number of benzene rings is 1. The van der Waals surface area contributed by atoms with Crippen molar-refractivity contribution in [3.8, 4) is 5.75 Å². The van der Waals surface area contributed by atoms with Gasteiger partial charge in [-0.25, -0.2) is 4.79 Å². The normalized spacial score (nSPS) is 11.9. The van der Waals surface area contributed by atoms with Crippen molar-refractivity contribution in [1.82, 2.24) is 5.32 Å². The van der Waals surface area contributed by atoms with Crippen molar-refractivity contribution in [2.24, 2.45) is 5.92 Å². The van der Waals surface area contributed by atoms with Gasteiger partial charge in [0.1, 0.15) is 5.75 Å². The van der Waals surface area contributed by atoms with Gasteiger partial charge < -0.3 is 14.8 Å². The van der Waals surface area contributed by atoms with Crippen LogP contribution in [0.2, 0.25) is 5.02 Å². The molecule has 0 aromatic heterocycles. The lowest BCUT2D eigenvalue weighted by atomic mass is 10.2. The van der Waals surface area contributed by atoms with Gasteiger partial charge in [-0.1, -0.05) is 41.4 Å². The second kappa shape index (κ2) is 9.00. The third kappa shape index (κ3) is 6.66. The second-order valence-corrected chi connectivity index (χ2v) is 6.46. The summed E-state index contributed by atoms with van der Waals surface area (Å²) in [6.07, 6.45) is -0.866. The predicted octanol–water partition coefficient (Wildman–Crippen LogP) is 3.19. The van der Waals surface area contributed by atoms with E-state index in [0.717, 1.165) is 4.47 Å². The highest BCUT2D eigenvalue weighted by atomic mass is 79.9. The van der Waals surface area contributed by atoms with Gasteiger partial charge in [0.15, 0.2) is 12.7 Å². The molecule has 22 heavy (non-hydrogen) atoms. The number of carbonyl (C=O) groups excluding carboxylic acids is 2. The summed E-state index contributed by atoms with van der Waals surface area (Å²) in [5, 5.41) is 3.07. The van der Waals surface area contributed by atoms with Crippen molar-refractivity contribution in [3.63, 3.8) is 0 Å². The Hall–Kier alpha value is -1.27. The SMILES string of the molecule is CC(C)CNC(=O)[C@@H](C)OC(=O)COc1ccc(Br)cc1Cl. The number of hydrogen-bond acceptors (Lipinski definition) is 4. The molecule has 1 aromatic carbocycles. The zero-order valence-corrected chi connectivity index (χ0v) is 15.0. The van der Waals surface area contributed by atoms with Crippen LogP contribution in [0.4, 0.5) is 0 Å². The minimum absolute atomic E-state index is 0.316. The van der Waals surface area contributed by atoms with Gasteiger partial charge in [-0.15, -0.1) is 0 Å². The van der Waals surface area contributed by atoms with E-state index < -0.39 is 12.1 Å². The summed E-state index contributed by atoms with van der Waals surface area (Å²) in [5.41, 5.74) is 0. The molecule has 1 N–H and O–H groups in total. The van der Waals surface area contributed by atoms with E-state index in [9.17, 15) is 9.59 Å². The van der Waals surface area contributed by atoms with Crippen molar-refractivity contribution < 1.29 is 19.1 Å². The number of nitrogens with one attached hydrogen (secondary N) is 1. The molecule has 0 aliphatic heterocycles. The summed E-state index contributed by atoms with van der Waals surface area (Å²) in [6, 6.07) is 5.04. The number of hydrogen-bond donors (Lipinski definition) is 1. The van der Waals surface area contributed by atoms with E-state index >= 15 is 0 Å². The van der Waals surface area contributed by atoms with Gasteiger partial charge >= 0.3 is 5.97 Å². The van der Waals surface area contributed by atoms with E-state index in [1.54, 1.807) is 18.2 Å². The maximum Gasteiger partial charge on any atom is 0.344 e. The molecule has 0 spiro atoms. The van der Waals surface area contributed by atoms with Crippen LogP contribution >= 0.6 is 27.5 Å². The fourth-order valence-corrected chi connectivity index (χ4v) is 2.19. The monoisotopic (exact) mass is 391 g/mol. The maximum absolute atomic E-state index is 11.7. The molecule has 1 rings (SSSR count). The van der Waals surface area contributed by atoms with Crippen molar-refractivity contribution in [1.29, 1.82) is 0 Å². The minimum Gasteiger partial charge on any atom is -0.480 e. The van der Waals surface area contributed by atoms with Gasteiger partial charge in [-0.2, -0.15) is 0 Å². The Morgan fingerprint density at radius 1 is 1.32 bits per heavy atom. The quantitative estimate of drug-likeness (QED) is 0.724. The molecule has 1 amide bonds. The summed E-state index contributed by atoms with van der Waals surface area (Å²) in [7, 11) is 0. The molecule has 0 saturated carbocycles. The van der Waals surface area contributed by atoms with Crippen LogP contribution in [0, 0.1) is 5.92 Å². The predicted molar refractivity (Wildman–Crippen MR) is 88.0 cm³/mol. The minimum atomic E-state index is -0.866. The Morgan fingerprint density at radius 2 is 2.00 bits per heavy atom. The first-order valence-corrected chi connectivity index (χ1v) is 8.01. The van der Waals surface area contributed by atoms with E-state index in [-0.39, 0.29) is 12.5 Å². The van der Waals surface area contributed by atoms with Crippen LogP contribution < -0.4 is 10.1 Å². The molecule has 0 unspecified atom stereocenters. The van der Waals surface area contributed by atoms with Crippen molar-refractivity contribution in [3.05, 3.63) is 27.7 Å². The molecule has 1 atom stereocenters. The molecule has 122 valence electrons. The Kier molecular flexibility index (Phi) is 7.68. The molecule has 0 fully saturated rings. The van der Waals surface area contributed by atoms with E-state index in [1.165, 1.54) is 6.92 Å². The highest BCUT2D eigenvalue weighted by molar-refractivity contribution is 9.10. The molecular formula is C15H19BrClNO4. The smallest absolute Gasteiger partial charge is 0.344 e. The van der Waals surface area contributed by atoms with Gasteiger partial charge in [0.25, 0.3) is 5.91 Å². The van der Waals surface area contributed by atoms with E-state index in [2.05, 4.69) is 21.2 Å². The van der Waals surface area contributed by atoms with Crippen LogP contribution in [0.15, 0.2) is 22.7 Å². The third-order valence-electron chi connectivity index (χ3n) is 2.60. The largest absolute Gasteiger partial charge is 0.480 e. The molecule has 0 aliphatic rings. The fraction of sp³-hybridized carbons (Fsp3) is 0.467. The van der Waals surface area contributed by atoms with Crippen molar-refractivity contribution in [2.45, 2.75) is 26.9 Å². The van der Waals surface area contributed by atoms with Gasteiger partial charge in [-0.05, 0) is 31.0 Å². The number of rotatable bonds is 7. The highest BCUT2D eigenvalue weighted by Gasteiger charge is 2.18. The average molecular weight is 393 g/mol. The van der Waals surface area contributed by atoms with Crippen LogP contribution in [-0.4, -0.2) is 31.1 Å². The summed E-state index contributed by atoms with van der Waals surface area (Å²) in [6.45, 7) is 5.69. The van der Waals surface area contributed by atoms with Crippen LogP contribution in [0.25, 0.3) is 0 Å². The van der Waals surface area contributed by atoms with Crippen molar-refractivity contribution >= 4 is 39.4 Å². The molecule has 7 heteroatoms. The topological polar surface area (TPSA) is 64.6 Å². The van der Waals surface area contributed by atoms with Crippen LogP contribution in [0.1, 0.15) is 20.8 Å². The van der Waals surface area contributed by atoms with Gasteiger partial charge in [-0.3, -0.25) is 4.79 Å². The molecular weight excluding hydrogens is 374 g/mol. The number of carbonyl (C=O) groups is 2. The van der Waals surface area contributed by atoms with Crippen LogP contribution in [0.3, 0.4) is 0 Å². The first kappa shape index (κ1) is 18.8. The zero-order chi connectivity index (χ0) is 16.7. The number of halogens is 2. The van der Waals surface area contributed by atoms with E-state index in [4.69, 9.17) is 21.1 Å². The third-order valence-corrected chi connectivity index (χ3v) is 3.39.